The van der Waals surface area contributed by atoms with Crippen LogP contribution >= 0.6 is 0 Å². The molecule has 0 aromatic carbocycles. The van der Waals surface area contributed by atoms with Gasteiger partial charge in [-0.3, -0.25) is 0 Å². The number of carboxylic acid groups (broad SMARTS) is 1. The van der Waals surface area contributed by atoms with E-state index in [0.717, 1.165) is 25.9 Å². The molecular weight excluding hydrogens is 250 g/mol. The average molecular weight is 269 g/mol. The van der Waals surface area contributed by atoms with Crippen LogP contribution in [0.4, 0.5) is 0 Å². The van der Waals surface area contributed by atoms with Gasteiger partial charge in [0.25, 0.3) is 0 Å². The highest BCUT2D eigenvalue weighted by molar-refractivity contribution is 5.86. The summed E-state index contributed by atoms with van der Waals surface area (Å²) in [6.07, 6.45) is 3.57. The lowest BCUT2D eigenvalue weighted by atomic mass is 10.2. The zero-order chi connectivity index (χ0) is 13.7. The standard InChI is InChI=1S/C12H19N3O4/c1-2-9-11(12(16)17)13-14-15(9)6-8-19-10-5-3-4-7-18-10/h10H,2-8H2,1H3,(H,16,17). The maximum atomic E-state index is 10.9. The fourth-order valence-corrected chi connectivity index (χ4v) is 2.14. The third-order valence-electron chi connectivity index (χ3n) is 3.12. The molecule has 1 aromatic rings. The zero-order valence-corrected chi connectivity index (χ0v) is 11.0. The van der Waals surface area contributed by atoms with Gasteiger partial charge in [-0.15, -0.1) is 5.10 Å². The summed E-state index contributed by atoms with van der Waals surface area (Å²) in [7, 11) is 0. The Morgan fingerprint density at radius 1 is 1.58 bits per heavy atom. The molecule has 1 aromatic heterocycles. The van der Waals surface area contributed by atoms with Gasteiger partial charge in [-0.2, -0.15) is 0 Å². The molecule has 2 heterocycles. The fraction of sp³-hybridized carbons (Fsp3) is 0.750. The minimum Gasteiger partial charge on any atom is -0.476 e. The van der Waals surface area contributed by atoms with Gasteiger partial charge < -0.3 is 14.6 Å². The zero-order valence-electron chi connectivity index (χ0n) is 11.0. The van der Waals surface area contributed by atoms with Gasteiger partial charge in [0.2, 0.25) is 0 Å². The fourth-order valence-electron chi connectivity index (χ4n) is 2.14. The van der Waals surface area contributed by atoms with Crippen molar-refractivity contribution in [3.05, 3.63) is 11.4 Å². The van der Waals surface area contributed by atoms with Crippen LogP contribution in [0.15, 0.2) is 0 Å². The summed E-state index contributed by atoms with van der Waals surface area (Å²) in [6.45, 7) is 3.56. The average Bonchev–Trinajstić information content (AvgIpc) is 2.83. The quantitative estimate of drug-likeness (QED) is 0.831. The molecule has 1 aliphatic heterocycles. The van der Waals surface area contributed by atoms with Crippen molar-refractivity contribution in [3.63, 3.8) is 0 Å². The summed E-state index contributed by atoms with van der Waals surface area (Å²) in [6, 6.07) is 0. The maximum absolute atomic E-state index is 10.9. The predicted octanol–water partition coefficient (Wildman–Crippen LogP) is 1.08. The predicted molar refractivity (Wildman–Crippen MR) is 65.9 cm³/mol. The second-order valence-corrected chi connectivity index (χ2v) is 4.43. The van der Waals surface area contributed by atoms with Crippen molar-refractivity contribution in [2.75, 3.05) is 13.2 Å². The number of nitrogens with zero attached hydrogens (tertiary/aromatic N) is 3. The van der Waals surface area contributed by atoms with Crippen LogP contribution in [0.3, 0.4) is 0 Å². The molecular formula is C12H19N3O4. The van der Waals surface area contributed by atoms with Crippen molar-refractivity contribution in [1.29, 1.82) is 0 Å². The van der Waals surface area contributed by atoms with Gasteiger partial charge in [0, 0.05) is 6.61 Å². The van der Waals surface area contributed by atoms with E-state index in [0.29, 0.717) is 25.3 Å². The van der Waals surface area contributed by atoms with Crippen LogP contribution < -0.4 is 0 Å². The number of carboxylic acids is 1. The molecule has 0 amide bonds. The Labute approximate surface area is 111 Å². The molecule has 1 saturated heterocycles. The molecule has 1 N–H and O–H groups in total. The molecule has 7 heteroatoms. The first-order chi connectivity index (χ1) is 9.22. The van der Waals surface area contributed by atoms with Gasteiger partial charge >= 0.3 is 5.97 Å². The third-order valence-corrected chi connectivity index (χ3v) is 3.12. The van der Waals surface area contributed by atoms with Crippen molar-refractivity contribution in [1.82, 2.24) is 15.0 Å². The highest BCUT2D eigenvalue weighted by Gasteiger charge is 2.18. The van der Waals surface area contributed by atoms with Crippen LogP contribution in [0, 0.1) is 0 Å². The summed E-state index contributed by atoms with van der Waals surface area (Å²) < 4.78 is 12.6. The van der Waals surface area contributed by atoms with E-state index >= 15 is 0 Å². The van der Waals surface area contributed by atoms with Crippen LogP contribution in [0.5, 0.6) is 0 Å². The molecule has 1 aliphatic rings. The molecule has 1 fully saturated rings. The van der Waals surface area contributed by atoms with Crippen LogP contribution in [-0.4, -0.2) is 45.6 Å². The highest BCUT2D eigenvalue weighted by atomic mass is 16.7. The van der Waals surface area contributed by atoms with Gasteiger partial charge in [-0.05, 0) is 25.7 Å². The molecule has 0 spiro atoms. The van der Waals surface area contributed by atoms with Crippen molar-refractivity contribution in [2.45, 2.75) is 45.4 Å². The molecule has 1 atom stereocenters. The van der Waals surface area contributed by atoms with E-state index in [1.54, 1.807) is 4.68 Å². The normalized spacial score (nSPS) is 19.5. The summed E-state index contributed by atoms with van der Waals surface area (Å²) in [5, 5.41) is 16.5. The molecule has 1 unspecified atom stereocenters. The Morgan fingerprint density at radius 3 is 3.05 bits per heavy atom. The van der Waals surface area contributed by atoms with Crippen LogP contribution in [-0.2, 0) is 22.4 Å². The topological polar surface area (TPSA) is 86.5 Å². The Bertz CT molecular complexity index is 427. The van der Waals surface area contributed by atoms with E-state index in [1.165, 1.54) is 0 Å². The van der Waals surface area contributed by atoms with Gasteiger partial charge in [0.05, 0.1) is 18.8 Å². The van der Waals surface area contributed by atoms with Gasteiger partial charge in [0.1, 0.15) is 0 Å². The molecule has 106 valence electrons. The summed E-state index contributed by atoms with van der Waals surface area (Å²) in [4.78, 5) is 10.9. The smallest absolute Gasteiger partial charge is 0.358 e. The van der Waals surface area contributed by atoms with E-state index in [-0.39, 0.29) is 12.0 Å². The molecule has 0 radical (unpaired) electrons. The second kappa shape index (κ2) is 6.63. The molecule has 19 heavy (non-hydrogen) atoms. The number of aromatic carboxylic acids is 1. The monoisotopic (exact) mass is 269 g/mol. The molecule has 2 rings (SSSR count). The van der Waals surface area contributed by atoms with E-state index in [9.17, 15) is 4.79 Å². The number of ether oxygens (including phenoxy) is 2. The van der Waals surface area contributed by atoms with Crippen LogP contribution in [0.1, 0.15) is 42.4 Å². The first kappa shape index (κ1) is 14.0. The lowest BCUT2D eigenvalue weighted by Crippen LogP contribution is -2.24. The van der Waals surface area contributed by atoms with E-state index in [2.05, 4.69) is 10.3 Å². The molecule has 0 aliphatic carbocycles. The third kappa shape index (κ3) is 3.51. The van der Waals surface area contributed by atoms with Gasteiger partial charge in [-0.1, -0.05) is 12.1 Å². The Balaban J connectivity index is 1.86. The molecule has 7 nitrogen and oxygen atoms in total. The minimum absolute atomic E-state index is 0.0245. The van der Waals surface area contributed by atoms with Gasteiger partial charge in [0.15, 0.2) is 12.0 Å². The minimum atomic E-state index is -1.04. The number of rotatable bonds is 6. The van der Waals surface area contributed by atoms with Crippen molar-refractivity contribution < 1.29 is 19.4 Å². The van der Waals surface area contributed by atoms with E-state index in [1.807, 2.05) is 6.92 Å². The number of aromatic nitrogens is 3. The highest BCUT2D eigenvalue weighted by Crippen LogP contribution is 2.14. The van der Waals surface area contributed by atoms with Crippen LogP contribution in [0.2, 0.25) is 0 Å². The summed E-state index contributed by atoms with van der Waals surface area (Å²) in [5.74, 6) is -1.04. The number of hydrogen-bond donors (Lipinski definition) is 1. The number of hydrogen-bond acceptors (Lipinski definition) is 5. The Morgan fingerprint density at radius 2 is 2.42 bits per heavy atom. The lowest BCUT2D eigenvalue weighted by molar-refractivity contribution is -0.163. The number of carbonyl (C=O) groups is 1. The maximum Gasteiger partial charge on any atom is 0.358 e. The molecule has 0 saturated carbocycles. The van der Waals surface area contributed by atoms with Gasteiger partial charge in [-0.25, -0.2) is 9.48 Å². The second-order valence-electron chi connectivity index (χ2n) is 4.43. The van der Waals surface area contributed by atoms with E-state index < -0.39 is 5.97 Å². The lowest BCUT2D eigenvalue weighted by Gasteiger charge is -2.22. The largest absolute Gasteiger partial charge is 0.476 e. The van der Waals surface area contributed by atoms with E-state index in [4.69, 9.17) is 14.6 Å². The Hall–Kier alpha value is -1.47. The molecule has 0 bridgehead atoms. The first-order valence-corrected chi connectivity index (χ1v) is 6.61. The van der Waals surface area contributed by atoms with Crippen molar-refractivity contribution in [3.8, 4) is 0 Å². The Kier molecular flexibility index (Phi) is 4.86. The van der Waals surface area contributed by atoms with Crippen molar-refractivity contribution in [2.24, 2.45) is 0 Å². The summed E-state index contributed by atoms with van der Waals surface area (Å²) in [5.41, 5.74) is 0.650. The van der Waals surface area contributed by atoms with Crippen LogP contribution in [0.25, 0.3) is 0 Å². The summed E-state index contributed by atoms with van der Waals surface area (Å²) >= 11 is 0. The SMILES string of the molecule is CCc1c(C(=O)O)nnn1CCOC1CCCCO1. The van der Waals surface area contributed by atoms with Crippen molar-refractivity contribution >= 4 is 5.97 Å². The first-order valence-electron chi connectivity index (χ1n) is 6.61.